The zero-order valence-corrected chi connectivity index (χ0v) is 14.4. The van der Waals surface area contributed by atoms with Gasteiger partial charge in [0.2, 0.25) is 0 Å². The lowest BCUT2D eigenvalue weighted by Gasteiger charge is -2.55. The van der Waals surface area contributed by atoms with Gasteiger partial charge in [0, 0.05) is 12.3 Å². The summed E-state index contributed by atoms with van der Waals surface area (Å²) in [5.74, 6) is 1.60. The number of carbonyl (C=O) groups excluding carboxylic acids is 2. The van der Waals surface area contributed by atoms with Crippen molar-refractivity contribution in [3.8, 4) is 0 Å². The number of hydrogen-bond donors (Lipinski definition) is 2. The molecule has 1 unspecified atom stereocenters. The largest absolute Gasteiger partial charge is 0.393 e. The van der Waals surface area contributed by atoms with E-state index in [-0.39, 0.29) is 35.4 Å². The van der Waals surface area contributed by atoms with Gasteiger partial charge in [-0.25, -0.2) is 0 Å². The topological polar surface area (TPSA) is 74.6 Å². The average Bonchev–Trinajstić information content (AvgIpc) is 2.90. The molecule has 0 radical (unpaired) electrons. The fourth-order valence-corrected chi connectivity index (χ4v) is 6.90. The minimum Gasteiger partial charge on any atom is -0.393 e. The zero-order valence-electron chi connectivity index (χ0n) is 14.4. The Labute approximate surface area is 143 Å². The van der Waals surface area contributed by atoms with Crippen molar-refractivity contribution in [2.24, 2.45) is 35.0 Å². The van der Waals surface area contributed by atoms with E-state index in [4.69, 9.17) is 0 Å². The molecule has 0 spiro atoms. The molecule has 4 aliphatic carbocycles. The fraction of sp³-hybridized carbons (Fsp3) is 0.800. The van der Waals surface area contributed by atoms with E-state index in [0.717, 1.165) is 32.1 Å². The number of rotatable bonds is 2. The lowest BCUT2D eigenvalue weighted by molar-refractivity contribution is -0.139. The van der Waals surface area contributed by atoms with Crippen LogP contribution in [0.15, 0.2) is 11.6 Å². The van der Waals surface area contributed by atoms with E-state index in [9.17, 15) is 19.8 Å². The lowest BCUT2D eigenvalue weighted by Crippen LogP contribution is -2.53. The molecule has 2 N–H and O–H groups in total. The number of Topliss-reactive ketones (excluding diaryl/α,β-unsaturated/α-hetero) is 1. The van der Waals surface area contributed by atoms with E-state index in [1.165, 1.54) is 5.57 Å². The Balaban J connectivity index is 1.65. The molecule has 0 aliphatic heterocycles. The molecule has 0 amide bonds. The highest BCUT2D eigenvalue weighted by molar-refractivity contribution is 5.91. The maximum absolute atomic E-state index is 12.2. The van der Waals surface area contributed by atoms with Crippen LogP contribution in [0, 0.1) is 35.0 Å². The monoisotopic (exact) mass is 332 g/mol. The second-order valence-electron chi connectivity index (χ2n) is 8.75. The van der Waals surface area contributed by atoms with Crippen LogP contribution in [0.3, 0.4) is 0 Å². The molecule has 0 aromatic carbocycles. The van der Waals surface area contributed by atoms with Crippen LogP contribution in [0.5, 0.6) is 0 Å². The average molecular weight is 332 g/mol. The first-order chi connectivity index (χ1) is 11.5. The van der Waals surface area contributed by atoms with Crippen LogP contribution in [0.4, 0.5) is 0 Å². The number of ketones is 2. The van der Waals surface area contributed by atoms with Crippen LogP contribution < -0.4 is 0 Å². The summed E-state index contributed by atoms with van der Waals surface area (Å²) >= 11 is 0. The molecule has 3 fully saturated rings. The molecule has 132 valence electrons. The Kier molecular flexibility index (Phi) is 3.96. The SMILES string of the molecule is C[C@]12C[C@H](O)C3[C@@H](CCC4=CC(=O)CC[C@@H]43)[C@@H]1CC[C@@H]2C(=O)CO. The molecule has 4 aliphatic rings. The first kappa shape index (κ1) is 16.5. The van der Waals surface area contributed by atoms with Gasteiger partial charge in [-0.3, -0.25) is 9.59 Å². The predicted molar refractivity (Wildman–Crippen MR) is 89.1 cm³/mol. The standard InChI is InChI=1S/C20H28O4/c1-20-9-17(23)19-13-5-3-12(22)8-11(13)2-4-14(19)15(20)6-7-16(20)18(24)10-21/h8,13-17,19,21,23H,2-7,9-10H2,1H3/t13-,14-,15-,16+,17-,19?,20-/m0/s1. The minimum atomic E-state index is -0.398. The number of fused-ring (bicyclic) bond motifs is 5. The molecule has 4 heteroatoms. The molecule has 3 saturated carbocycles. The number of allylic oxidation sites excluding steroid dienone is 1. The van der Waals surface area contributed by atoms with Crippen molar-refractivity contribution >= 4 is 11.6 Å². The Morgan fingerprint density at radius 1 is 1.25 bits per heavy atom. The second kappa shape index (κ2) is 5.77. The maximum Gasteiger partial charge on any atom is 0.161 e. The third-order valence-corrected chi connectivity index (χ3v) is 7.81. The van der Waals surface area contributed by atoms with Crippen molar-refractivity contribution < 1.29 is 19.8 Å². The zero-order chi connectivity index (χ0) is 17.1. The molecule has 0 heterocycles. The van der Waals surface area contributed by atoms with Crippen molar-refractivity contribution in [3.63, 3.8) is 0 Å². The number of aliphatic hydroxyl groups is 2. The van der Waals surface area contributed by atoms with Crippen molar-refractivity contribution in [1.29, 1.82) is 0 Å². The van der Waals surface area contributed by atoms with E-state index in [1.807, 2.05) is 6.08 Å². The van der Waals surface area contributed by atoms with Crippen LogP contribution in [-0.2, 0) is 9.59 Å². The third-order valence-electron chi connectivity index (χ3n) is 7.81. The van der Waals surface area contributed by atoms with Crippen molar-refractivity contribution in [2.75, 3.05) is 6.61 Å². The summed E-state index contributed by atoms with van der Waals surface area (Å²) in [6.45, 7) is 1.78. The van der Waals surface area contributed by atoms with Gasteiger partial charge in [0.1, 0.15) is 6.61 Å². The van der Waals surface area contributed by atoms with Gasteiger partial charge >= 0.3 is 0 Å². The van der Waals surface area contributed by atoms with Crippen molar-refractivity contribution in [3.05, 3.63) is 11.6 Å². The molecule has 7 atom stereocenters. The number of hydrogen-bond acceptors (Lipinski definition) is 4. The molecule has 0 aromatic rings. The quantitative estimate of drug-likeness (QED) is 0.813. The van der Waals surface area contributed by atoms with Gasteiger partial charge < -0.3 is 10.2 Å². The minimum absolute atomic E-state index is 0.0506. The normalized spacial score (nSPS) is 47.5. The van der Waals surface area contributed by atoms with Crippen LogP contribution >= 0.6 is 0 Å². The van der Waals surface area contributed by atoms with E-state index in [1.54, 1.807) is 0 Å². The Morgan fingerprint density at radius 3 is 2.79 bits per heavy atom. The van der Waals surface area contributed by atoms with E-state index >= 15 is 0 Å². The number of carbonyl (C=O) groups is 2. The van der Waals surface area contributed by atoms with Gasteiger partial charge in [-0.2, -0.15) is 0 Å². The van der Waals surface area contributed by atoms with Crippen LogP contribution in [0.2, 0.25) is 0 Å². The summed E-state index contributed by atoms with van der Waals surface area (Å²) in [6, 6.07) is 0. The van der Waals surface area contributed by atoms with E-state index in [2.05, 4.69) is 6.92 Å². The van der Waals surface area contributed by atoms with Gasteiger partial charge in [0.25, 0.3) is 0 Å². The predicted octanol–water partition coefficient (Wildman–Crippen LogP) is 2.28. The maximum atomic E-state index is 12.2. The van der Waals surface area contributed by atoms with E-state index < -0.39 is 6.10 Å². The van der Waals surface area contributed by atoms with Gasteiger partial charge in [0.05, 0.1) is 6.10 Å². The number of aliphatic hydroxyl groups excluding tert-OH is 2. The van der Waals surface area contributed by atoms with E-state index in [0.29, 0.717) is 30.6 Å². The Hall–Kier alpha value is -1.00. The second-order valence-corrected chi connectivity index (χ2v) is 8.75. The summed E-state index contributed by atoms with van der Waals surface area (Å²) < 4.78 is 0. The summed E-state index contributed by atoms with van der Waals surface area (Å²) in [5.41, 5.74) is 1.09. The molecule has 4 nitrogen and oxygen atoms in total. The van der Waals surface area contributed by atoms with Crippen LogP contribution in [0.25, 0.3) is 0 Å². The fourth-order valence-electron chi connectivity index (χ4n) is 6.90. The lowest BCUT2D eigenvalue weighted by atomic mass is 9.50. The Morgan fingerprint density at radius 2 is 2.04 bits per heavy atom. The van der Waals surface area contributed by atoms with Gasteiger partial charge in [-0.05, 0) is 73.7 Å². The first-order valence-corrected chi connectivity index (χ1v) is 9.50. The summed E-state index contributed by atoms with van der Waals surface area (Å²) in [5, 5.41) is 20.3. The highest BCUT2D eigenvalue weighted by atomic mass is 16.3. The molecule has 0 bridgehead atoms. The summed E-state index contributed by atoms with van der Waals surface area (Å²) in [6.07, 6.45) is 7.47. The van der Waals surface area contributed by atoms with Gasteiger partial charge in [0.15, 0.2) is 11.6 Å². The molecular weight excluding hydrogens is 304 g/mol. The van der Waals surface area contributed by atoms with Gasteiger partial charge in [-0.1, -0.05) is 12.5 Å². The molecule has 0 aromatic heterocycles. The molecule has 0 saturated heterocycles. The molecular formula is C20H28O4. The first-order valence-electron chi connectivity index (χ1n) is 9.50. The van der Waals surface area contributed by atoms with Crippen molar-refractivity contribution in [2.45, 2.75) is 58.0 Å². The smallest absolute Gasteiger partial charge is 0.161 e. The third kappa shape index (κ3) is 2.26. The van der Waals surface area contributed by atoms with Crippen LogP contribution in [-0.4, -0.2) is 34.5 Å². The van der Waals surface area contributed by atoms with Crippen molar-refractivity contribution in [1.82, 2.24) is 0 Å². The summed E-state index contributed by atoms with van der Waals surface area (Å²) in [7, 11) is 0. The molecule has 24 heavy (non-hydrogen) atoms. The molecule has 4 rings (SSSR count). The Bertz CT molecular complexity index is 594. The highest BCUT2D eigenvalue weighted by Crippen LogP contribution is 2.63. The highest BCUT2D eigenvalue weighted by Gasteiger charge is 2.60. The van der Waals surface area contributed by atoms with Crippen LogP contribution in [0.1, 0.15) is 51.9 Å². The summed E-state index contributed by atoms with van der Waals surface area (Å²) in [4.78, 5) is 24.0. The van der Waals surface area contributed by atoms with Gasteiger partial charge in [-0.15, -0.1) is 0 Å².